The van der Waals surface area contributed by atoms with E-state index >= 15 is 0 Å². The van der Waals surface area contributed by atoms with Crippen molar-refractivity contribution in [1.29, 1.82) is 0 Å². The van der Waals surface area contributed by atoms with Gasteiger partial charge in [-0.05, 0) is 24.3 Å². The van der Waals surface area contributed by atoms with Crippen LogP contribution in [-0.4, -0.2) is 37.0 Å². The van der Waals surface area contributed by atoms with Gasteiger partial charge in [0.25, 0.3) is 10.2 Å². The molecule has 1 unspecified atom stereocenters. The number of piperidine rings is 1. The van der Waals surface area contributed by atoms with E-state index in [-0.39, 0.29) is 12.6 Å². The van der Waals surface area contributed by atoms with Crippen LogP contribution in [0.3, 0.4) is 0 Å². The van der Waals surface area contributed by atoms with Crippen LogP contribution in [0.5, 0.6) is 0 Å². The average molecular weight is 290 g/mol. The third-order valence-corrected chi connectivity index (χ3v) is 5.59. The Morgan fingerprint density at radius 1 is 1.50 bits per heavy atom. The van der Waals surface area contributed by atoms with Crippen molar-refractivity contribution >= 4 is 21.5 Å². The van der Waals surface area contributed by atoms with Gasteiger partial charge in [0, 0.05) is 24.0 Å². The minimum Gasteiger partial charge on any atom is -0.395 e. The van der Waals surface area contributed by atoms with E-state index in [0.29, 0.717) is 13.1 Å². The zero-order valence-electron chi connectivity index (χ0n) is 10.1. The lowest BCUT2D eigenvalue weighted by Crippen LogP contribution is -2.50. The molecule has 1 atom stereocenters. The van der Waals surface area contributed by atoms with Crippen molar-refractivity contribution in [3.05, 3.63) is 22.4 Å². The molecule has 0 saturated carbocycles. The Morgan fingerprint density at radius 3 is 3.00 bits per heavy atom. The summed E-state index contributed by atoms with van der Waals surface area (Å²) in [5.74, 6) is 0. The van der Waals surface area contributed by atoms with Gasteiger partial charge in [0.05, 0.1) is 6.61 Å². The normalized spacial score (nSPS) is 22.2. The summed E-state index contributed by atoms with van der Waals surface area (Å²) in [6.45, 7) is 0.694. The number of hydrogen-bond acceptors (Lipinski definition) is 4. The molecule has 0 aromatic carbocycles. The third kappa shape index (κ3) is 3.30. The maximum Gasteiger partial charge on any atom is 0.280 e. The third-order valence-electron chi connectivity index (χ3n) is 3.10. The zero-order valence-corrected chi connectivity index (χ0v) is 11.7. The standard InChI is InChI=1S/C11H18N2O3S2/c14-9-10-4-1-2-6-13(10)18(15,16)12-8-11-5-3-7-17-11/h3,5,7,10,12,14H,1-2,4,6,8-9H2. The summed E-state index contributed by atoms with van der Waals surface area (Å²) in [5.41, 5.74) is 0. The molecule has 1 aromatic heterocycles. The molecule has 1 fully saturated rings. The lowest BCUT2D eigenvalue weighted by Gasteiger charge is -2.33. The molecule has 1 aliphatic rings. The highest BCUT2D eigenvalue weighted by Gasteiger charge is 2.31. The Bertz CT molecular complexity index is 459. The van der Waals surface area contributed by atoms with Crippen molar-refractivity contribution in [2.45, 2.75) is 31.8 Å². The van der Waals surface area contributed by atoms with Crippen molar-refractivity contribution in [1.82, 2.24) is 9.03 Å². The second kappa shape index (κ2) is 6.12. The lowest BCUT2D eigenvalue weighted by molar-refractivity contribution is 0.154. The largest absolute Gasteiger partial charge is 0.395 e. The van der Waals surface area contributed by atoms with Crippen molar-refractivity contribution in [3.8, 4) is 0 Å². The lowest BCUT2D eigenvalue weighted by atomic mass is 10.1. The van der Waals surface area contributed by atoms with Crippen LogP contribution >= 0.6 is 11.3 Å². The van der Waals surface area contributed by atoms with Gasteiger partial charge in [-0.3, -0.25) is 0 Å². The van der Waals surface area contributed by atoms with Crippen molar-refractivity contribution in [3.63, 3.8) is 0 Å². The SMILES string of the molecule is O=S(=O)(NCc1cccs1)N1CCCCC1CO. The molecule has 2 rings (SSSR count). The second-order valence-corrected chi connectivity index (χ2v) is 7.09. The van der Waals surface area contributed by atoms with Gasteiger partial charge in [0.1, 0.15) is 0 Å². The van der Waals surface area contributed by atoms with Crippen molar-refractivity contribution in [2.24, 2.45) is 0 Å². The molecule has 18 heavy (non-hydrogen) atoms. The summed E-state index contributed by atoms with van der Waals surface area (Å²) < 4.78 is 28.3. The van der Waals surface area contributed by atoms with E-state index in [1.54, 1.807) is 0 Å². The topological polar surface area (TPSA) is 69.6 Å². The number of nitrogens with zero attached hydrogens (tertiary/aromatic N) is 1. The minimum absolute atomic E-state index is 0.111. The Morgan fingerprint density at radius 2 is 2.33 bits per heavy atom. The fourth-order valence-electron chi connectivity index (χ4n) is 2.13. The summed E-state index contributed by atoms with van der Waals surface area (Å²) in [5, 5.41) is 11.2. The van der Waals surface area contributed by atoms with Crippen LogP contribution in [-0.2, 0) is 16.8 Å². The van der Waals surface area contributed by atoms with Crippen LogP contribution in [0.15, 0.2) is 17.5 Å². The molecule has 1 saturated heterocycles. The van der Waals surface area contributed by atoms with E-state index in [4.69, 9.17) is 0 Å². The molecule has 7 heteroatoms. The van der Waals surface area contributed by atoms with Gasteiger partial charge in [-0.15, -0.1) is 11.3 Å². The summed E-state index contributed by atoms with van der Waals surface area (Å²) in [7, 11) is -3.49. The van der Waals surface area contributed by atoms with E-state index in [1.807, 2.05) is 17.5 Å². The zero-order chi connectivity index (χ0) is 13.0. The number of thiophene rings is 1. The molecule has 0 aliphatic carbocycles. The smallest absolute Gasteiger partial charge is 0.280 e. The highest BCUT2D eigenvalue weighted by molar-refractivity contribution is 7.87. The molecular weight excluding hydrogens is 272 g/mol. The van der Waals surface area contributed by atoms with E-state index in [2.05, 4.69) is 4.72 Å². The quantitative estimate of drug-likeness (QED) is 0.847. The first kappa shape index (κ1) is 14.0. The maximum absolute atomic E-state index is 12.2. The van der Waals surface area contributed by atoms with E-state index in [9.17, 15) is 13.5 Å². The van der Waals surface area contributed by atoms with Crippen LogP contribution in [0.4, 0.5) is 0 Å². The number of aliphatic hydroxyl groups excluding tert-OH is 1. The monoisotopic (exact) mass is 290 g/mol. The fourth-order valence-corrected chi connectivity index (χ4v) is 4.31. The van der Waals surface area contributed by atoms with E-state index < -0.39 is 10.2 Å². The van der Waals surface area contributed by atoms with Crippen LogP contribution in [0.1, 0.15) is 24.1 Å². The van der Waals surface area contributed by atoms with E-state index in [0.717, 1.165) is 24.1 Å². The second-order valence-electron chi connectivity index (χ2n) is 4.35. The first-order valence-electron chi connectivity index (χ1n) is 6.03. The molecule has 0 bridgehead atoms. The van der Waals surface area contributed by atoms with Crippen LogP contribution in [0.2, 0.25) is 0 Å². The Kier molecular flexibility index (Phi) is 4.74. The van der Waals surface area contributed by atoms with Crippen LogP contribution in [0, 0.1) is 0 Å². The summed E-state index contributed by atoms with van der Waals surface area (Å²) >= 11 is 1.52. The first-order valence-corrected chi connectivity index (χ1v) is 8.35. The molecule has 5 nitrogen and oxygen atoms in total. The highest BCUT2D eigenvalue weighted by Crippen LogP contribution is 2.19. The molecule has 1 aliphatic heterocycles. The van der Waals surface area contributed by atoms with Gasteiger partial charge in [0.2, 0.25) is 0 Å². The molecule has 2 heterocycles. The molecule has 102 valence electrons. The number of nitrogens with one attached hydrogen (secondary N) is 1. The van der Waals surface area contributed by atoms with Gasteiger partial charge in [-0.25, -0.2) is 0 Å². The average Bonchev–Trinajstić information content (AvgIpc) is 2.89. The van der Waals surface area contributed by atoms with Gasteiger partial charge in [0.15, 0.2) is 0 Å². The summed E-state index contributed by atoms with van der Waals surface area (Å²) in [6, 6.07) is 3.51. The van der Waals surface area contributed by atoms with E-state index in [1.165, 1.54) is 15.6 Å². The Balaban J connectivity index is 2.00. The molecular formula is C11H18N2O3S2. The van der Waals surface area contributed by atoms with Gasteiger partial charge in [-0.1, -0.05) is 12.5 Å². The number of aliphatic hydroxyl groups is 1. The Hall–Kier alpha value is -0.470. The van der Waals surface area contributed by atoms with Crippen LogP contribution in [0.25, 0.3) is 0 Å². The van der Waals surface area contributed by atoms with Crippen molar-refractivity contribution in [2.75, 3.05) is 13.2 Å². The highest BCUT2D eigenvalue weighted by atomic mass is 32.2. The molecule has 1 aromatic rings. The first-order chi connectivity index (χ1) is 8.63. The summed E-state index contributed by atoms with van der Waals surface area (Å²) in [4.78, 5) is 0.983. The van der Waals surface area contributed by atoms with Crippen LogP contribution < -0.4 is 4.72 Å². The van der Waals surface area contributed by atoms with Gasteiger partial charge in [-0.2, -0.15) is 17.4 Å². The van der Waals surface area contributed by atoms with Gasteiger partial charge >= 0.3 is 0 Å². The Labute approximate surface area is 112 Å². The molecule has 0 amide bonds. The molecule has 0 radical (unpaired) electrons. The summed E-state index contributed by atoms with van der Waals surface area (Å²) in [6.07, 6.45) is 2.56. The maximum atomic E-state index is 12.2. The predicted molar refractivity (Wildman–Crippen MR) is 71.5 cm³/mol. The fraction of sp³-hybridized carbons (Fsp3) is 0.636. The number of rotatable bonds is 5. The van der Waals surface area contributed by atoms with Gasteiger partial charge < -0.3 is 5.11 Å². The molecule has 2 N–H and O–H groups in total. The molecule has 0 spiro atoms. The van der Waals surface area contributed by atoms with Crippen molar-refractivity contribution < 1.29 is 13.5 Å². The predicted octanol–water partition coefficient (Wildman–Crippen LogP) is 0.929. The number of hydrogen-bond donors (Lipinski definition) is 2. The minimum atomic E-state index is -3.49.